The van der Waals surface area contributed by atoms with E-state index in [-0.39, 0.29) is 0 Å². The number of hydrogen-bond donors (Lipinski definition) is 1. The normalized spacial score (nSPS) is 18.9. The van der Waals surface area contributed by atoms with Crippen LogP contribution in [0, 0.1) is 0 Å². The Morgan fingerprint density at radius 3 is 2.60 bits per heavy atom. The van der Waals surface area contributed by atoms with E-state index in [1.54, 1.807) is 7.11 Å². The third-order valence-electron chi connectivity index (χ3n) is 3.79. The van der Waals surface area contributed by atoms with Gasteiger partial charge in [-0.05, 0) is 12.8 Å². The zero-order valence-electron chi connectivity index (χ0n) is 12.3. The molecule has 1 aliphatic carbocycles. The van der Waals surface area contributed by atoms with Crippen molar-refractivity contribution in [2.45, 2.75) is 50.5 Å². The molecule has 0 aromatic carbocycles. The summed E-state index contributed by atoms with van der Waals surface area (Å²) in [7, 11) is 1.66. The van der Waals surface area contributed by atoms with Gasteiger partial charge in [-0.1, -0.05) is 30.8 Å². The maximum Gasteiger partial charge on any atom is 0.246 e. The zero-order valence-corrected chi connectivity index (χ0v) is 12.3. The molecule has 1 heterocycles. The third kappa shape index (κ3) is 4.26. The minimum absolute atomic E-state index is 0.432. The molecule has 114 valence electrons. The molecule has 1 fully saturated rings. The fraction of sp³-hybridized carbons (Fsp3) is 0.857. The molecule has 20 heavy (non-hydrogen) atoms. The second-order valence-electron chi connectivity index (χ2n) is 5.44. The summed E-state index contributed by atoms with van der Waals surface area (Å²) in [4.78, 5) is 4.45. The molecule has 1 aromatic rings. The fourth-order valence-electron chi connectivity index (χ4n) is 2.54. The fourth-order valence-corrected chi connectivity index (χ4v) is 2.54. The third-order valence-corrected chi connectivity index (χ3v) is 3.79. The summed E-state index contributed by atoms with van der Waals surface area (Å²) in [5.41, 5.74) is 6.01. The van der Waals surface area contributed by atoms with Crippen molar-refractivity contribution in [3.8, 4) is 0 Å². The number of nitrogens with zero attached hydrogens (tertiary/aromatic N) is 2. The Balaban J connectivity index is 1.84. The first kappa shape index (κ1) is 15.4. The number of nitrogens with two attached hydrogens (primary N) is 1. The van der Waals surface area contributed by atoms with E-state index < -0.39 is 5.54 Å². The van der Waals surface area contributed by atoms with Crippen LogP contribution in [-0.2, 0) is 21.4 Å². The van der Waals surface area contributed by atoms with Gasteiger partial charge in [0.2, 0.25) is 5.89 Å². The number of methoxy groups -OCH3 is 1. The van der Waals surface area contributed by atoms with E-state index in [1.807, 2.05) is 0 Å². The first-order valence-electron chi connectivity index (χ1n) is 7.43. The lowest BCUT2D eigenvalue weighted by Crippen LogP contribution is -2.36. The Morgan fingerprint density at radius 2 is 1.90 bits per heavy atom. The molecular formula is C14H25N3O3. The molecule has 1 aromatic heterocycles. The van der Waals surface area contributed by atoms with Crippen molar-refractivity contribution in [1.29, 1.82) is 0 Å². The molecule has 1 saturated carbocycles. The Kier molecular flexibility index (Phi) is 5.94. The van der Waals surface area contributed by atoms with Crippen molar-refractivity contribution in [2.24, 2.45) is 5.73 Å². The Morgan fingerprint density at radius 1 is 1.15 bits per heavy atom. The highest BCUT2D eigenvalue weighted by Gasteiger charge is 2.34. The molecule has 6 heteroatoms. The topological polar surface area (TPSA) is 83.4 Å². The van der Waals surface area contributed by atoms with Crippen LogP contribution in [-0.4, -0.2) is 37.1 Å². The predicted molar refractivity (Wildman–Crippen MR) is 74.3 cm³/mol. The summed E-state index contributed by atoms with van der Waals surface area (Å²) in [6.45, 7) is 1.76. The van der Waals surface area contributed by atoms with Gasteiger partial charge in [0.1, 0.15) is 0 Å². The lowest BCUT2D eigenvalue weighted by atomic mass is 9.91. The zero-order chi connectivity index (χ0) is 14.3. The molecule has 2 rings (SSSR count). The largest absolute Gasteiger partial charge is 0.382 e. The van der Waals surface area contributed by atoms with E-state index in [9.17, 15) is 0 Å². The van der Waals surface area contributed by atoms with Crippen LogP contribution in [0.15, 0.2) is 4.52 Å². The van der Waals surface area contributed by atoms with Crippen LogP contribution in [0.25, 0.3) is 0 Å². The van der Waals surface area contributed by atoms with Gasteiger partial charge in [0.25, 0.3) is 0 Å². The first-order chi connectivity index (χ1) is 9.74. The standard InChI is InChI=1S/C14H25N3O3/c1-18-10-11-19-9-6-12-16-13(20-17-12)14(15)7-4-2-3-5-8-14/h2-11,15H2,1H3. The summed E-state index contributed by atoms with van der Waals surface area (Å²) in [6.07, 6.45) is 7.25. The van der Waals surface area contributed by atoms with E-state index in [2.05, 4.69) is 10.1 Å². The predicted octanol–water partition coefficient (Wildman–Crippen LogP) is 1.78. The van der Waals surface area contributed by atoms with Crippen molar-refractivity contribution in [3.05, 3.63) is 11.7 Å². The van der Waals surface area contributed by atoms with Gasteiger partial charge in [0, 0.05) is 13.5 Å². The average Bonchev–Trinajstić information content (AvgIpc) is 2.82. The minimum atomic E-state index is -0.432. The summed E-state index contributed by atoms with van der Waals surface area (Å²) in [6, 6.07) is 0. The van der Waals surface area contributed by atoms with Crippen molar-refractivity contribution in [3.63, 3.8) is 0 Å². The lowest BCUT2D eigenvalue weighted by molar-refractivity contribution is 0.0714. The van der Waals surface area contributed by atoms with Crippen molar-refractivity contribution in [1.82, 2.24) is 10.1 Å². The quantitative estimate of drug-likeness (QED) is 0.606. The van der Waals surface area contributed by atoms with E-state index in [1.165, 1.54) is 12.8 Å². The van der Waals surface area contributed by atoms with Crippen LogP contribution in [0.2, 0.25) is 0 Å². The number of aromatic nitrogens is 2. The lowest BCUT2D eigenvalue weighted by Gasteiger charge is -2.22. The highest BCUT2D eigenvalue weighted by atomic mass is 16.5. The Bertz CT molecular complexity index is 387. The molecule has 1 aliphatic rings. The van der Waals surface area contributed by atoms with Crippen LogP contribution < -0.4 is 5.73 Å². The molecule has 0 aliphatic heterocycles. The van der Waals surface area contributed by atoms with Gasteiger partial charge < -0.3 is 19.7 Å². The van der Waals surface area contributed by atoms with Crippen LogP contribution in [0.5, 0.6) is 0 Å². The molecule has 0 atom stereocenters. The van der Waals surface area contributed by atoms with Crippen LogP contribution >= 0.6 is 0 Å². The Labute approximate surface area is 120 Å². The van der Waals surface area contributed by atoms with Gasteiger partial charge in [-0.15, -0.1) is 0 Å². The minimum Gasteiger partial charge on any atom is -0.382 e. The molecular weight excluding hydrogens is 258 g/mol. The molecule has 0 saturated heterocycles. The smallest absolute Gasteiger partial charge is 0.246 e. The Hall–Kier alpha value is -0.980. The molecule has 0 spiro atoms. The van der Waals surface area contributed by atoms with E-state index in [0.717, 1.165) is 25.7 Å². The molecule has 0 radical (unpaired) electrons. The van der Waals surface area contributed by atoms with Crippen molar-refractivity contribution < 1.29 is 14.0 Å². The summed E-state index contributed by atoms with van der Waals surface area (Å²) >= 11 is 0. The highest BCUT2D eigenvalue weighted by molar-refractivity contribution is 5.03. The van der Waals surface area contributed by atoms with Gasteiger partial charge in [0.15, 0.2) is 5.82 Å². The number of hydrogen-bond acceptors (Lipinski definition) is 6. The van der Waals surface area contributed by atoms with Gasteiger partial charge in [-0.25, -0.2) is 0 Å². The molecule has 0 unspecified atom stereocenters. The summed E-state index contributed by atoms with van der Waals surface area (Å²) < 4.78 is 15.7. The molecule has 0 bridgehead atoms. The average molecular weight is 283 g/mol. The maximum absolute atomic E-state index is 6.44. The summed E-state index contributed by atoms with van der Waals surface area (Å²) in [5.74, 6) is 1.26. The van der Waals surface area contributed by atoms with Gasteiger partial charge in [-0.2, -0.15) is 4.98 Å². The van der Waals surface area contributed by atoms with Crippen LogP contribution in [0.3, 0.4) is 0 Å². The van der Waals surface area contributed by atoms with Crippen LogP contribution in [0.4, 0.5) is 0 Å². The first-order valence-corrected chi connectivity index (χ1v) is 7.43. The SMILES string of the molecule is COCCOCCc1noc(C2(N)CCCCCC2)n1. The van der Waals surface area contributed by atoms with E-state index in [4.69, 9.17) is 19.7 Å². The number of rotatable bonds is 7. The van der Waals surface area contributed by atoms with Gasteiger partial charge in [-0.3, -0.25) is 0 Å². The van der Waals surface area contributed by atoms with Gasteiger partial charge >= 0.3 is 0 Å². The molecule has 0 amide bonds. The second-order valence-corrected chi connectivity index (χ2v) is 5.44. The second kappa shape index (κ2) is 7.71. The molecule has 2 N–H and O–H groups in total. The van der Waals surface area contributed by atoms with E-state index in [0.29, 0.717) is 38.0 Å². The van der Waals surface area contributed by atoms with E-state index >= 15 is 0 Å². The van der Waals surface area contributed by atoms with Gasteiger partial charge in [0.05, 0.1) is 25.4 Å². The molecule has 6 nitrogen and oxygen atoms in total. The highest BCUT2D eigenvalue weighted by Crippen LogP contribution is 2.32. The summed E-state index contributed by atoms with van der Waals surface area (Å²) in [5, 5.41) is 4.01. The van der Waals surface area contributed by atoms with Crippen molar-refractivity contribution >= 4 is 0 Å². The van der Waals surface area contributed by atoms with Crippen LogP contribution in [0.1, 0.15) is 50.2 Å². The monoisotopic (exact) mass is 283 g/mol. The maximum atomic E-state index is 6.44. The van der Waals surface area contributed by atoms with Crippen molar-refractivity contribution in [2.75, 3.05) is 26.9 Å². The number of ether oxygens (including phenoxy) is 2.